The van der Waals surface area contributed by atoms with Crippen LogP contribution in [0.1, 0.15) is 115 Å². The molecule has 12 unspecified atom stereocenters. The molecule has 0 bridgehead atoms. The van der Waals surface area contributed by atoms with Gasteiger partial charge in [-0.1, -0.05) is 64.2 Å². The number of rotatable bonds is 33. The van der Waals surface area contributed by atoms with Gasteiger partial charge in [0, 0.05) is 31.9 Å². The minimum absolute atomic E-state index is 0.0947. The Morgan fingerprint density at radius 3 is 2.03 bits per heavy atom. The van der Waals surface area contributed by atoms with E-state index in [-0.39, 0.29) is 25.1 Å². The van der Waals surface area contributed by atoms with Crippen LogP contribution >= 0.6 is 9.03 Å². The summed E-state index contributed by atoms with van der Waals surface area (Å²) in [7, 11) is -1.86. The third-order valence-corrected chi connectivity index (χ3v) is 12.3. The van der Waals surface area contributed by atoms with Gasteiger partial charge in [-0.15, -0.1) is 0 Å². The van der Waals surface area contributed by atoms with Gasteiger partial charge >= 0.3 is 29.4 Å². The Morgan fingerprint density at radius 1 is 0.868 bits per heavy atom. The number of carboxylic acids is 3. The number of nitrogen functional groups attached to an aromatic ring is 1. The van der Waals surface area contributed by atoms with E-state index >= 15 is 0 Å². The summed E-state index contributed by atoms with van der Waals surface area (Å²) < 4.78 is 22.9. The average Bonchev–Trinajstić information content (AvgIpc) is 3.56. The first-order valence-electron chi connectivity index (χ1n) is 22.6. The molecule has 14 N–H and O–H groups in total. The first-order chi connectivity index (χ1) is 32.3. The van der Waals surface area contributed by atoms with Crippen molar-refractivity contribution in [3.8, 4) is 0 Å². The molecule has 0 aromatic carbocycles. The fourth-order valence-corrected chi connectivity index (χ4v) is 8.35. The summed E-state index contributed by atoms with van der Waals surface area (Å²) in [5.41, 5.74) is 4.61. The van der Waals surface area contributed by atoms with Gasteiger partial charge in [-0.2, -0.15) is 9.51 Å². The van der Waals surface area contributed by atoms with Crippen molar-refractivity contribution in [1.82, 2.24) is 25.5 Å². The zero-order chi connectivity index (χ0) is 50.4. The Labute approximate surface area is 392 Å². The zero-order valence-corrected chi connectivity index (χ0v) is 38.8. The summed E-state index contributed by atoms with van der Waals surface area (Å²) in [6, 6.07) is -1.81. The summed E-state index contributed by atoms with van der Waals surface area (Å²) in [6.07, 6.45) is -2.65. The van der Waals surface area contributed by atoms with Crippen molar-refractivity contribution >= 4 is 50.5 Å². The molecule has 12 atom stereocenters. The number of aromatic nitrogens is 2. The van der Waals surface area contributed by atoms with Crippen LogP contribution in [0.5, 0.6) is 0 Å². The maximum Gasteiger partial charge on any atom is 0.368 e. The largest absolute Gasteiger partial charge is 0.481 e. The highest BCUT2D eigenvalue weighted by Crippen LogP contribution is 2.39. The topological polar surface area (TPSA) is 418 Å². The molecule has 0 spiro atoms. The number of aliphatic hydroxyl groups excluding tert-OH is 6. The molecule has 0 saturated carbocycles. The second-order valence-electron chi connectivity index (χ2n) is 16.8. The lowest BCUT2D eigenvalue weighted by Crippen LogP contribution is -2.68. The predicted octanol–water partition coefficient (Wildman–Crippen LogP) is -2.14. The smallest absolute Gasteiger partial charge is 0.368 e. The van der Waals surface area contributed by atoms with Crippen LogP contribution in [0, 0.1) is 0 Å². The molecule has 26 nitrogen and oxygen atoms in total. The molecule has 3 amide bonds. The number of hydrogen-bond donors (Lipinski definition) is 13. The van der Waals surface area contributed by atoms with Gasteiger partial charge in [-0.25, -0.2) is 18.9 Å². The predicted molar refractivity (Wildman–Crippen MR) is 237 cm³/mol. The first kappa shape index (κ1) is 57.8. The van der Waals surface area contributed by atoms with Gasteiger partial charge in [0.05, 0.1) is 25.3 Å². The summed E-state index contributed by atoms with van der Waals surface area (Å²) in [6.45, 7) is -2.35. The molecule has 27 heteroatoms. The number of unbranched alkanes of at least 4 members (excludes halogenated alkanes) is 11. The van der Waals surface area contributed by atoms with Crippen LogP contribution in [0.3, 0.4) is 0 Å². The van der Waals surface area contributed by atoms with Crippen LogP contribution in [-0.2, 0) is 47.3 Å². The zero-order valence-electron chi connectivity index (χ0n) is 37.6. The lowest BCUT2D eigenvalue weighted by atomic mass is 9.88. The van der Waals surface area contributed by atoms with Crippen LogP contribution in [0.15, 0.2) is 17.1 Å². The maximum atomic E-state index is 13.0. The van der Waals surface area contributed by atoms with E-state index in [0.717, 1.165) is 68.8 Å². The van der Waals surface area contributed by atoms with Gasteiger partial charge in [0.1, 0.15) is 55.1 Å². The normalized spacial score (nSPS) is 25.1. The summed E-state index contributed by atoms with van der Waals surface area (Å²) in [5.74, 6) is -9.15. The van der Waals surface area contributed by atoms with Crippen molar-refractivity contribution in [2.24, 2.45) is 0 Å². The molecule has 386 valence electrons. The fraction of sp³-hybridized carbons (Fsp3) is 0.756. The van der Waals surface area contributed by atoms with Gasteiger partial charge in [-0.3, -0.25) is 23.7 Å². The number of nitrogens with zero attached hydrogens (tertiary/aromatic N) is 2. The Kier molecular flexibility index (Phi) is 25.1. The Morgan fingerprint density at radius 2 is 1.47 bits per heavy atom. The molecular formula is C41H68N6O20P+. The SMILES string of the molecule is Nc1ccn(C2OC(CO[PH2+]OC3(C(=O)O)CC(O)C(NC(=O)CNC(=O)CCC(NC(=O)CCCCCCCCCCCCCCC(=O)O)C(=O)O)C(C(O)C(O)CO)O3)C(O)C2O)c(=O)n1. The van der Waals surface area contributed by atoms with Gasteiger partial charge in [0.25, 0.3) is 9.03 Å². The molecule has 1 aromatic rings. The van der Waals surface area contributed by atoms with E-state index in [1.807, 2.05) is 0 Å². The number of carbonyl (C=O) groups is 6. The maximum absolute atomic E-state index is 13.0. The van der Waals surface area contributed by atoms with E-state index in [1.165, 1.54) is 12.3 Å². The molecule has 2 fully saturated rings. The van der Waals surface area contributed by atoms with Crippen molar-refractivity contribution in [2.45, 2.75) is 176 Å². The number of nitrogens with two attached hydrogens (primary N) is 1. The standard InChI is InChI=1S/C41H67N6O20P/c42-27-17-18-47(40(63)45-27)37-35(58)34(57)26(65-37)22-64-68-67-41(39(61)62)19-24(49)32(36(66-41)33(56)25(50)21-48)46-30(53)20-43-28(51)16-15-23(38(59)60)44-29(52)13-11-9-7-5-3-1-2-4-6-8-10-12-14-31(54)55/h17-18,23-26,32-37,48-50,56-58H,1-16,19-22,68H2,(H7-,42,43,44,45,46,51,52,53,54,55,59,60,61,62,63)/p+1. The highest BCUT2D eigenvalue weighted by Gasteiger charge is 2.58. The summed E-state index contributed by atoms with van der Waals surface area (Å²) >= 11 is 0. The van der Waals surface area contributed by atoms with Crippen molar-refractivity contribution in [1.29, 1.82) is 0 Å². The summed E-state index contributed by atoms with van der Waals surface area (Å²) in [4.78, 5) is 88.8. The minimum Gasteiger partial charge on any atom is -0.481 e. The second-order valence-corrected chi connectivity index (χ2v) is 17.6. The third kappa shape index (κ3) is 18.8. The highest BCUT2D eigenvalue weighted by molar-refractivity contribution is 7.26. The van der Waals surface area contributed by atoms with E-state index in [9.17, 15) is 74.4 Å². The lowest BCUT2D eigenvalue weighted by Gasteiger charge is -2.45. The van der Waals surface area contributed by atoms with E-state index < -0.39 is 150 Å². The van der Waals surface area contributed by atoms with Crippen LogP contribution in [0.2, 0.25) is 0 Å². The van der Waals surface area contributed by atoms with Crippen molar-refractivity contribution in [3.05, 3.63) is 22.7 Å². The van der Waals surface area contributed by atoms with Crippen LogP contribution < -0.4 is 27.4 Å². The van der Waals surface area contributed by atoms with Gasteiger partial charge in [0.15, 0.2) is 6.23 Å². The lowest BCUT2D eigenvalue weighted by molar-refractivity contribution is -0.283. The molecule has 1 aromatic heterocycles. The molecule has 2 saturated heterocycles. The van der Waals surface area contributed by atoms with E-state index in [2.05, 4.69) is 20.9 Å². The number of aliphatic carboxylic acids is 3. The van der Waals surface area contributed by atoms with E-state index in [1.54, 1.807) is 0 Å². The second kappa shape index (κ2) is 29.5. The molecule has 2 aliphatic heterocycles. The number of nitrogens with one attached hydrogen (secondary N) is 3. The molecule has 0 aliphatic carbocycles. The van der Waals surface area contributed by atoms with Crippen molar-refractivity contribution in [2.75, 3.05) is 25.5 Å². The fourth-order valence-electron chi connectivity index (χ4n) is 7.61. The van der Waals surface area contributed by atoms with Crippen molar-refractivity contribution < 1.29 is 93.2 Å². The van der Waals surface area contributed by atoms with Gasteiger partial charge in [-0.05, 0) is 25.3 Å². The number of aliphatic hydroxyl groups is 6. The number of carbonyl (C=O) groups excluding carboxylic acids is 3. The van der Waals surface area contributed by atoms with Crippen LogP contribution in [0.4, 0.5) is 5.82 Å². The van der Waals surface area contributed by atoms with Gasteiger partial charge < -0.3 is 77.1 Å². The number of anilines is 1. The Bertz CT molecular complexity index is 1850. The monoisotopic (exact) mass is 995 g/mol. The Hall–Kier alpha value is -4.47. The first-order valence-corrected chi connectivity index (χ1v) is 23.6. The molecular weight excluding hydrogens is 927 g/mol. The molecule has 0 radical (unpaired) electrons. The average molecular weight is 996 g/mol. The van der Waals surface area contributed by atoms with E-state index in [0.29, 0.717) is 12.8 Å². The van der Waals surface area contributed by atoms with Gasteiger partial charge in [0.2, 0.25) is 17.7 Å². The number of ether oxygens (including phenoxy) is 2. The summed E-state index contributed by atoms with van der Waals surface area (Å²) in [5, 5.41) is 98.1. The molecule has 3 rings (SSSR count). The molecule has 2 aliphatic rings. The van der Waals surface area contributed by atoms with Crippen molar-refractivity contribution in [3.63, 3.8) is 0 Å². The number of hydrogen-bond acceptors (Lipinski definition) is 19. The third-order valence-electron chi connectivity index (χ3n) is 11.5. The Balaban J connectivity index is 1.43. The van der Waals surface area contributed by atoms with Crippen LogP contribution in [0.25, 0.3) is 0 Å². The van der Waals surface area contributed by atoms with E-state index in [4.69, 9.17) is 29.4 Å². The highest BCUT2D eigenvalue weighted by atomic mass is 31.1. The molecule has 68 heavy (non-hydrogen) atoms. The molecule has 3 heterocycles. The van der Waals surface area contributed by atoms with Crippen LogP contribution in [-0.4, -0.2) is 171 Å². The number of amides is 3. The minimum atomic E-state index is -2.78. The number of carboxylic acid groups (broad SMARTS) is 3. The quantitative estimate of drug-likeness (QED) is 0.0264.